The minimum atomic E-state index is 0.149. The second-order valence-electron chi connectivity index (χ2n) is 5.32. The summed E-state index contributed by atoms with van der Waals surface area (Å²) in [6.07, 6.45) is 7.57. The molecule has 1 aromatic rings. The number of hydrogen-bond acceptors (Lipinski definition) is 2. The van der Waals surface area contributed by atoms with Gasteiger partial charge >= 0.3 is 0 Å². The Morgan fingerprint density at radius 3 is 2.68 bits per heavy atom. The third kappa shape index (κ3) is 3.06. The van der Waals surface area contributed by atoms with Crippen LogP contribution in [-0.2, 0) is 0 Å². The number of benzene rings is 1. The van der Waals surface area contributed by atoms with Crippen LogP contribution in [0, 0.1) is 13.8 Å². The Labute approximate surface area is 115 Å². The molecule has 0 bridgehead atoms. The number of hydrogen-bond donors (Lipinski definition) is 0. The summed E-state index contributed by atoms with van der Waals surface area (Å²) < 4.78 is 5.40. The Balaban J connectivity index is 2.40. The zero-order chi connectivity index (χ0) is 13.8. The average Bonchev–Trinajstić information content (AvgIpc) is 2.65. The van der Waals surface area contributed by atoms with Gasteiger partial charge in [0, 0.05) is 0 Å². The lowest BCUT2D eigenvalue weighted by Crippen LogP contribution is -2.08. The van der Waals surface area contributed by atoms with Gasteiger partial charge in [-0.25, -0.2) is 0 Å². The van der Waals surface area contributed by atoms with Gasteiger partial charge in [0.05, 0.1) is 12.7 Å². The van der Waals surface area contributed by atoms with Crippen molar-refractivity contribution in [3.63, 3.8) is 0 Å². The summed E-state index contributed by atoms with van der Waals surface area (Å²) in [5.74, 6) is 0.851. The van der Waals surface area contributed by atoms with Gasteiger partial charge < -0.3 is 4.74 Å². The molecule has 0 saturated carbocycles. The van der Waals surface area contributed by atoms with E-state index in [9.17, 15) is 4.79 Å². The van der Waals surface area contributed by atoms with Crippen molar-refractivity contribution < 1.29 is 9.53 Å². The highest BCUT2D eigenvalue weighted by Crippen LogP contribution is 2.29. The molecular formula is C17H22O2. The van der Waals surface area contributed by atoms with Crippen molar-refractivity contribution in [3.8, 4) is 5.75 Å². The molecule has 2 heteroatoms. The first-order valence-corrected chi connectivity index (χ1v) is 7.02. The molecule has 2 rings (SSSR count). The van der Waals surface area contributed by atoms with Crippen molar-refractivity contribution in [1.82, 2.24) is 0 Å². The zero-order valence-electron chi connectivity index (χ0n) is 12.1. The molecule has 0 aliphatic heterocycles. The van der Waals surface area contributed by atoms with Crippen molar-refractivity contribution in [3.05, 3.63) is 40.5 Å². The molecule has 0 saturated heterocycles. The van der Waals surface area contributed by atoms with Crippen LogP contribution in [0.3, 0.4) is 0 Å². The number of carbonyl (C=O) groups excluding carboxylic acids is 1. The maximum absolute atomic E-state index is 12.7. The quantitative estimate of drug-likeness (QED) is 0.752. The van der Waals surface area contributed by atoms with E-state index in [0.717, 1.165) is 41.5 Å². The summed E-state index contributed by atoms with van der Waals surface area (Å²) in [5, 5.41) is 0. The van der Waals surface area contributed by atoms with Crippen LogP contribution in [0.2, 0.25) is 0 Å². The lowest BCUT2D eigenvalue weighted by Gasteiger charge is -2.13. The molecule has 0 N–H and O–H groups in total. The number of carbonyl (C=O) groups is 1. The van der Waals surface area contributed by atoms with E-state index in [2.05, 4.69) is 6.08 Å². The second-order valence-corrected chi connectivity index (χ2v) is 5.32. The van der Waals surface area contributed by atoms with Crippen LogP contribution in [-0.4, -0.2) is 12.9 Å². The van der Waals surface area contributed by atoms with Crippen molar-refractivity contribution in [1.29, 1.82) is 0 Å². The van der Waals surface area contributed by atoms with E-state index >= 15 is 0 Å². The van der Waals surface area contributed by atoms with Gasteiger partial charge in [-0.2, -0.15) is 0 Å². The van der Waals surface area contributed by atoms with Crippen molar-refractivity contribution in [2.45, 2.75) is 46.0 Å². The van der Waals surface area contributed by atoms with Crippen LogP contribution in [0.25, 0.3) is 0 Å². The van der Waals surface area contributed by atoms with E-state index in [0.29, 0.717) is 5.75 Å². The third-order valence-electron chi connectivity index (χ3n) is 3.72. The maximum Gasteiger partial charge on any atom is 0.192 e. The Bertz CT molecular complexity index is 512. The van der Waals surface area contributed by atoms with Gasteiger partial charge in [-0.1, -0.05) is 18.6 Å². The molecule has 0 amide bonds. The number of rotatable bonds is 3. The second kappa shape index (κ2) is 6.05. The zero-order valence-corrected chi connectivity index (χ0v) is 12.1. The Morgan fingerprint density at radius 2 is 1.95 bits per heavy atom. The van der Waals surface area contributed by atoms with E-state index in [4.69, 9.17) is 4.74 Å². The van der Waals surface area contributed by atoms with Gasteiger partial charge in [-0.15, -0.1) is 0 Å². The highest BCUT2D eigenvalue weighted by Gasteiger charge is 2.20. The minimum absolute atomic E-state index is 0.149. The van der Waals surface area contributed by atoms with Gasteiger partial charge in [0.25, 0.3) is 0 Å². The number of ketones is 1. The molecule has 19 heavy (non-hydrogen) atoms. The Kier molecular flexibility index (Phi) is 4.41. The van der Waals surface area contributed by atoms with Crippen molar-refractivity contribution >= 4 is 5.78 Å². The number of allylic oxidation sites excluding steroid dienone is 2. The van der Waals surface area contributed by atoms with Crippen molar-refractivity contribution in [2.75, 3.05) is 7.11 Å². The average molecular weight is 258 g/mol. The van der Waals surface area contributed by atoms with Crippen LogP contribution in [0.15, 0.2) is 23.8 Å². The first-order valence-electron chi connectivity index (χ1n) is 7.02. The van der Waals surface area contributed by atoms with E-state index in [1.807, 2.05) is 26.0 Å². The first kappa shape index (κ1) is 13.9. The number of aryl methyl sites for hydroxylation is 2. The Morgan fingerprint density at radius 1 is 1.16 bits per heavy atom. The van der Waals surface area contributed by atoms with E-state index < -0.39 is 0 Å². The van der Waals surface area contributed by atoms with Crippen molar-refractivity contribution in [2.24, 2.45) is 0 Å². The molecule has 0 aromatic heterocycles. The van der Waals surface area contributed by atoms with Crippen LogP contribution in [0.1, 0.15) is 53.6 Å². The summed E-state index contributed by atoms with van der Waals surface area (Å²) in [5.41, 5.74) is 3.83. The monoisotopic (exact) mass is 258 g/mol. The van der Waals surface area contributed by atoms with Crippen LogP contribution >= 0.6 is 0 Å². The molecule has 0 spiro atoms. The molecule has 1 aliphatic carbocycles. The molecule has 0 radical (unpaired) electrons. The predicted molar refractivity (Wildman–Crippen MR) is 78.0 cm³/mol. The van der Waals surface area contributed by atoms with Crippen LogP contribution in [0.5, 0.6) is 5.75 Å². The standard InChI is InChI=1S/C17H22O2/c1-12-10-13(2)16(15(11-12)19-3)17(18)14-8-6-4-5-7-9-14/h8,10-11H,4-7,9H2,1-3H3. The smallest absolute Gasteiger partial charge is 0.192 e. The Hall–Kier alpha value is -1.57. The third-order valence-corrected chi connectivity index (χ3v) is 3.72. The van der Waals surface area contributed by atoms with E-state index in [1.165, 1.54) is 12.8 Å². The summed E-state index contributed by atoms with van der Waals surface area (Å²) >= 11 is 0. The van der Waals surface area contributed by atoms with Gasteiger partial charge in [0.2, 0.25) is 0 Å². The molecule has 1 aliphatic rings. The van der Waals surface area contributed by atoms with Crippen LogP contribution < -0.4 is 4.74 Å². The fourth-order valence-corrected chi connectivity index (χ4v) is 2.76. The molecule has 0 atom stereocenters. The lowest BCUT2D eigenvalue weighted by atomic mass is 9.94. The number of ether oxygens (including phenoxy) is 1. The molecule has 0 unspecified atom stereocenters. The number of methoxy groups -OCH3 is 1. The summed E-state index contributed by atoms with van der Waals surface area (Å²) in [7, 11) is 1.63. The molecule has 1 aromatic carbocycles. The van der Waals surface area contributed by atoms with Gasteiger partial charge in [-0.3, -0.25) is 4.79 Å². The predicted octanol–water partition coefficient (Wildman–Crippen LogP) is 4.39. The minimum Gasteiger partial charge on any atom is -0.496 e. The first-order chi connectivity index (χ1) is 9.13. The fraction of sp³-hybridized carbons (Fsp3) is 0.471. The molecule has 102 valence electrons. The SMILES string of the molecule is COc1cc(C)cc(C)c1C(=O)C1=CCCCCC1. The lowest BCUT2D eigenvalue weighted by molar-refractivity contribution is 0.102. The van der Waals surface area contributed by atoms with Gasteiger partial charge in [0.1, 0.15) is 5.75 Å². The fourth-order valence-electron chi connectivity index (χ4n) is 2.76. The largest absolute Gasteiger partial charge is 0.496 e. The molecule has 0 heterocycles. The van der Waals surface area contributed by atoms with E-state index in [1.54, 1.807) is 7.11 Å². The van der Waals surface area contributed by atoms with Gasteiger partial charge in [0.15, 0.2) is 5.78 Å². The van der Waals surface area contributed by atoms with E-state index in [-0.39, 0.29) is 5.78 Å². The maximum atomic E-state index is 12.7. The topological polar surface area (TPSA) is 26.3 Å². The molecular weight excluding hydrogens is 236 g/mol. The highest BCUT2D eigenvalue weighted by molar-refractivity contribution is 6.11. The molecule has 0 fully saturated rings. The van der Waals surface area contributed by atoms with Crippen LogP contribution in [0.4, 0.5) is 0 Å². The summed E-state index contributed by atoms with van der Waals surface area (Å²) in [4.78, 5) is 12.7. The normalized spacial score (nSPS) is 15.6. The highest BCUT2D eigenvalue weighted by atomic mass is 16.5. The van der Waals surface area contributed by atoms with Gasteiger partial charge in [-0.05, 0) is 62.3 Å². The summed E-state index contributed by atoms with van der Waals surface area (Å²) in [6, 6.07) is 3.99. The number of Topliss-reactive ketones (excluding diaryl/α,β-unsaturated/α-hetero) is 1. The summed E-state index contributed by atoms with van der Waals surface area (Å²) in [6.45, 7) is 4.01. The molecule has 2 nitrogen and oxygen atoms in total.